The number of carbonyl (C=O) groups is 1. The van der Waals surface area contributed by atoms with Crippen LogP contribution in [-0.4, -0.2) is 5.91 Å². The van der Waals surface area contributed by atoms with Crippen molar-refractivity contribution >= 4 is 17.3 Å². The van der Waals surface area contributed by atoms with Crippen molar-refractivity contribution in [1.82, 2.24) is 0 Å². The highest BCUT2D eigenvalue weighted by atomic mass is 19.1. The summed E-state index contributed by atoms with van der Waals surface area (Å²) in [6.07, 6.45) is 0. The third kappa shape index (κ3) is 3.82. The number of halogens is 1. The average molecular weight is 272 g/mol. The molecule has 0 aliphatic rings. The minimum absolute atomic E-state index is 0.0988. The maximum absolute atomic E-state index is 12.8. The molecule has 0 bridgehead atoms. The summed E-state index contributed by atoms with van der Waals surface area (Å²) in [6.45, 7) is 4.07. The highest BCUT2D eigenvalue weighted by molar-refractivity contribution is 5.89. The lowest BCUT2D eigenvalue weighted by Gasteiger charge is -2.12. The summed E-state index contributed by atoms with van der Waals surface area (Å²) in [6, 6.07) is 12.1. The molecule has 20 heavy (non-hydrogen) atoms. The SMILES string of the molecule is CC(=O)Nc1ccc(C)c(NCc2ccc(F)cc2)c1. The fourth-order valence-corrected chi connectivity index (χ4v) is 1.89. The first kappa shape index (κ1) is 14.1. The van der Waals surface area contributed by atoms with Crippen LogP contribution in [0.5, 0.6) is 0 Å². The molecule has 2 rings (SSSR count). The molecule has 0 saturated carbocycles. The molecule has 2 aromatic carbocycles. The van der Waals surface area contributed by atoms with E-state index in [0.29, 0.717) is 6.54 Å². The number of carbonyl (C=O) groups excluding carboxylic acids is 1. The van der Waals surface area contributed by atoms with Crippen LogP contribution in [0.2, 0.25) is 0 Å². The maximum Gasteiger partial charge on any atom is 0.221 e. The van der Waals surface area contributed by atoms with Gasteiger partial charge in [-0.15, -0.1) is 0 Å². The predicted molar refractivity (Wildman–Crippen MR) is 79.2 cm³/mol. The van der Waals surface area contributed by atoms with Gasteiger partial charge in [0, 0.05) is 24.8 Å². The van der Waals surface area contributed by atoms with Crippen LogP contribution in [0.25, 0.3) is 0 Å². The molecule has 0 spiro atoms. The number of hydrogen-bond acceptors (Lipinski definition) is 2. The number of hydrogen-bond donors (Lipinski definition) is 2. The number of amides is 1. The van der Waals surface area contributed by atoms with Gasteiger partial charge in [-0.3, -0.25) is 4.79 Å². The van der Waals surface area contributed by atoms with Gasteiger partial charge in [-0.25, -0.2) is 4.39 Å². The molecular formula is C16H17FN2O. The standard InChI is InChI=1S/C16H17FN2O/c1-11-3-8-15(19-12(2)20)9-16(11)18-10-13-4-6-14(17)7-5-13/h3-9,18H,10H2,1-2H3,(H,19,20). The molecule has 0 radical (unpaired) electrons. The minimum Gasteiger partial charge on any atom is -0.381 e. The van der Waals surface area contributed by atoms with E-state index < -0.39 is 0 Å². The Morgan fingerprint density at radius 3 is 2.50 bits per heavy atom. The Hall–Kier alpha value is -2.36. The lowest BCUT2D eigenvalue weighted by atomic mass is 10.1. The molecule has 0 aliphatic heterocycles. The monoisotopic (exact) mass is 272 g/mol. The first-order valence-electron chi connectivity index (χ1n) is 6.41. The van der Waals surface area contributed by atoms with Gasteiger partial charge in [-0.05, 0) is 42.3 Å². The average Bonchev–Trinajstić information content (AvgIpc) is 2.40. The third-order valence-electron chi connectivity index (χ3n) is 2.95. The van der Waals surface area contributed by atoms with Gasteiger partial charge in [0.05, 0.1) is 0 Å². The lowest BCUT2D eigenvalue weighted by Crippen LogP contribution is -2.07. The van der Waals surface area contributed by atoms with Gasteiger partial charge in [0.15, 0.2) is 0 Å². The van der Waals surface area contributed by atoms with Crippen molar-refractivity contribution in [3.8, 4) is 0 Å². The van der Waals surface area contributed by atoms with Crippen LogP contribution in [-0.2, 0) is 11.3 Å². The topological polar surface area (TPSA) is 41.1 Å². The van der Waals surface area contributed by atoms with Crippen LogP contribution < -0.4 is 10.6 Å². The molecular weight excluding hydrogens is 255 g/mol. The smallest absolute Gasteiger partial charge is 0.221 e. The Labute approximate surface area is 117 Å². The van der Waals surface area contributed by atoms with E-state index in [1.807, 2.05) is 25.1 Å². The molecule has 104 valence electrons. The first-order valence-corrected chi connectivity index (χ1v) is 6.41. The van der Waals surface area contributed by atoms with Gasteiger partial charge in [-0.1, -0.05) is 18.2 Å². The van der Waals surface area contributed by atoms with Crippen molar-refractivity contribution in [2.45, 2.75) is 20.4 Å². The summed E-state index contributed by atoms with van der Waals surface area (Å²) >= 11 is 0. The van der Waals surface area contributed by atoms with E-state index >= 15 is 0 Å². The summed E-state index contributed by atoms with van der Waals surface area (Å²) in [5, 5.41) is 6.04. The molecule has 3 nitrogen and oxygen atoms in total. The Balaban J connectivity index is 2.08. The van der Waals surface area contributed by atoms with E-state index in [4.69, 9.17) is 0 Å². The second-order valence-corrected chi connectivity index (χ2v) is 4.69. The molecule has 2 N–H and O–H groups in total. The van der Waals surface area contributed by atoms with Crippen LogP contribution in [0.15, 0.2) is 42.5 Å². The van der Waals surface area contributed by atoms with Gasteiger partial charge in [0.2, 0.25) is 5.91 Å². The maximum atomic E-state index is 12.8. The van der Waals surface area contributed by atoms with Crippen molar-refractivity contribution < 1.29 is 9.18 Å². The van der Waals surface area contributed by atoms with E-state index in [-0.39, 0.29) is 11.7 Å². The molecule has 2 aromatic rings. The quantitative estimate of drug-likeness (QED) is 0.891. The summed E-state index contributed by atoms with van der Waals surface area (Å²) in [5.74, 6) is -0.337. The molecule has 1 amide bonds. The van der Waals surface area contributed by atoms with E-state index in [1.165, 1.54) is 19.1 Å². The predicted octanol–water partition coefficient (Wildman–Crippen LogP) is 3.70. The second kappa shape index (κ2) is 6.19. The Morgan fingerprint density at radius 2 is 1.85 bits per heavy atom. The largest absolute Gasteiger partial charge is 0.381 e. The van der Waals surface area contributed by atoms with Gasteiger partial charge in [0.1, 0.15) is 5.82 Å². The first-order chi connectivity index (χ1) is 9.54. The molecule has 4 heteroatoms. The molecule has 0 saturated heterocycles. The van der Waals surface area contributed by atoms with Gasteiger partial charge < -0.3 is 10.6 Å². The summed E-state index contributed by atoms with van der Waals surface area (Å²) < 4.78 is 12.8. The van der Waals surface area contributed by atoms with Crippen LogP contribution in [0.3, 0.4) is 0 Å². The molecule has 0 heterocycles. The normalized spacial score (nSPS) is 10.2. The van der Waals surface area contributed by atoms with Crippen molar-refractivity contribution in [1.29, 1.82) is 0 Å². The van der Waals surface area contributed by atoms with Crippen LogP contribution >= 0.6 is 0 Å². The number of nitrogens with one attached hydrogen (secondary N) is 2. The number of benzene rings is 2. The highest BCUT2D eigenvalue weighted by Gasteiger charge is 2.02. The molecule has 0 aliphatic carbocycles. The fourth-order valence-electron chi connectivity index (χ4n) is 1.89. The zero-order valence-corrected chi connectivity index (χ0v) is 11.5. The van der Waals surface area contributed by atoms with E-state index in [2.05, 4.69) is 10.6 Å². The Kier molecular flexibility index (Phi) is 4.35. The third-order valence-corrected chi connectivity index (χ3v) is 2.95. The van der Waals surface area contributed by atoms with Crippen molar-refractivity contribution in [2.24, 2.45) is 0 Å². The summed E-state index contributed by atoms with van der Waals surface area (Å²) in [7, 11) is 0. The molecule has 0 aromatic heterocycles. The molecule has 0 fully saturated rings. The van der Waals surface area contributed by atoms with E-state index in [0.717, 1.165) is 22.5 Å². The Morgan fingerprint density at radius 1 is 1.15 bits per heavy atom. The van der Waals surface area contributed by atoms with Crippen LogP contribution in [0.1, 0.15) is 18.1 Å². The van der Waals surface area contributed by atoms with E-state index in [1.54, 1.807) is 12.1 Å². The Bertz CT molecular complexity index is 608. The highest BCUT2D eigenvalue weighted by Crippen LogP contribution is 2.21. The fraction of sp³-hybridized carbons (Fsp3) is 0.188. The zero-order valence-electron chi connectivity index (χ0n) is 11.5. The summed E-state index contributed by atoms with van der Waals surface area (Å²) in [5.41, 5.74) is 3.78. The minimum atomic E-state index is -0.238. The number of aryl methyl sites for hydroxylation is 1. The number of rotatable bonds is 4. The van der Waals surface area contributed by atoms with Crippen molar-refractivity contribution in [3.63, 3.8) is 0 Å². The lowest BCUT2D eigenvalue weighted by molar-refractivity contribution is -0.114. The van der Waals surface area contributed by atoms with Gasteiger partial charge >= 0.3 is 0 Å². The molecule has 0 atom stereocenters. The van der Waals surface area contributed by atoms with Crippen molar-refractivity contribution in [3.05, 3.63) is 59.4 Å². The van der Waals surface area contributed by atoms with Crippen LogP contribution in [0.4, 0.5) is 15.8 Å². The van der Waals surface area contributed by atoms with Crippen molar-refractivity contribution in [2.75, 3.05) is 10.6 Å². The van der Waals surface area contributed by atoms with Gasteiger partial charge in [-0.2, -0.15) is 0 Å². The molecule has 0 unspecified atom stereocenters. The van der Waals surface area contributed by atoms with Gasteiger partial charge in [0.25, 0.3) is 0 Å². The zero-order chi connectivity index (χ0) is 14.5. The van der Waals surface area contributed by atoms with E-state index in [9.17, 15) is 9.18 Å². The second-order valence-electron chi connectivity index (χ2n) is 4.69. The summed E-state index contributed by atoms with van der Waals surface area (Å²) in [4.78, 5) is 11.1. The van der Waals surface area contributed by atoms with Crippen LogP contribution in [0, 0.1) is 12.7 Å². The number of anilines is 2.